The number of hydrogen-bond donors (Lipinski definition) is 3. The Morgan fingerprint density at radius 1 is 1.00 bits per heavy atom. The predicted octanol–water partition coefficient (Wildman–Crippen LogP) is 3.18. The molecule has 0 bridgehead atoms. The van der Waals surface area contributed by atoms with E-state index in [0.717, 1.165) is 46.6 Å². The Hall–Kier alpha value is -3.35. The molecule has 1 fully saturated rings. The second-order valence-electron chi connectivity index (χ2n) is 7.67. The van der Waals surface area contributed by atoms with Crippen molar-refractivity contribution in [1.29, 1.82) is 0 Å². The lowest BCUT2D eigenvalue weighted by molar-refractivity contribution is -0.117. The number of urea groups is 1. The van der Waals surface area contributed by atoms with E-state index in [1.807, 2.05) is 57.2 Å². The minimum atomic E-state index is -0.415. The number of rotatable bonds is 6. The number of benzene rings is 2. The summed E-state index contributed by atoms with van der Waals surface area (Å²) in [7, 11) is 0. The molecule has 3 rings (SSSR count). The van der Waals surface area contributed by atoms with Crippen molar-refractivity contribution in [2.75, 3.05) is 23.3 Å². The monoisotopic (exact) mass is 408 g/mol. The number of nitrogens with one attached hydrogen (secondary N) is 3. The fourth-order valence-electron chi connectivity index (χ4n) is 3.68. The summed E-state index contributed by atoms with van der Waals surface area (Å²) in [5.41, 5.74) is 5.69. The fourth-order valence-corrected chi connectivity index (χ4v) is 3.68. The summed E-state index contributed by atoms with van der Waals surface area (Å²) in [6, 6.07) is 11.1. The number of nitrogens with zero attached hydrogens (tertiary/aromatic N) is 1. The topological polar surface area (TPSA) is 90.5 Å². The van der Waals surface area contributed by atoms with Gasteiger partial charge in [-0.3, -0.25) is 9.59 Å². The molecule has 1 aliphatic rings. The van der Waals surface area contributed by atoms with Crippen molar-refractivity contribution < 1.29 is 14.4 Å². The number of anilines is 2. The molecule has 7 nitrogen and oxygen atoms in total. The Balaban J connectivity index is 1.44. The van der Waals surface area contributed by atoms with E-state index in [1.54, 1.807) is 4.90 Å². The van der Waals surface area contributed by atoms with Gasteiger partial charge in [-0.05, 0) is 56.0 Å². The van der Waals surface area contributed by atoms with Crippen LogP contribution in [0.4, 0.5) is 16.2 Å². The van der Waals surface area contributed by atoms with Crippen LogP contribution < -0.4 is 20.9 Å². The van der Waals surface area contributed by atoms with Gasteiger partial charge in [-0.2, -0.15) is 0 Å². The smallest absolute Gasteiger partial charge is 0.315 e. The summed E-state index contributed by atoms with van der Waals surface area (Å²) in [4.78, 5) is 37.8. The Bertz CT molecular complexity index is 930. The van der Waals surface area contributed by atoms with E-state index >= 15 is 0 Å². The van der Waals surface area contributed by atoms with Gasteiger partial charge in [0, 0.05) is 30.9 Å². The van der Waals surface area contributed by atoms with E-state index in [9.17, 15) is 14.4 Å². The lowest BCUT2D eigenvalue weighted by Crippen LogP contribution is -2.39. The molecular formula is C23H28N4O3. The molecule has 1 aliphatic heterocycles. The van der Waals surface area contributed by atoms with Crippen molar-refractivity contribution in [3.63, 3.8) is 0 Å². The van der Waals surface area contributed by atoms with Gasteiger partial charge in [-0.15, -0.1) is 0 Å². The number of aryl methyl sites for hydroxylation is 3. The van der Waals surface area contributed by atoms with Crippen LogP contribution in [0.1, 0.15) is 35.1 Å². The van der Waals surface area contributed by atoms with E-state index in [-0.39, 0.29) is 18.4 Å². The van der Waals surface area contributed by atoms with Crippen LogP contribution in [-0.4, -0.2) is 30.9 Å². The quantitative estimate of drug-likeness (QED) is 0.686. The predicted molar refractivity (Wildman–Crippen MR) is 118 cm³/mol. The number of carbonyl (C=O) groups is 3. The third-order valence-corrected chi connectivity index (χ3v) is 5.13. The van der Waals surface area contributed by atoms with Crippen molar-refractivity contribution in [3.05, 3.63) is 58.7 Å². The summed E-state index contributed by atoms with van der Waals surface area (Å²) < 4.78 is 0. The van der Waals surface area contributed by atoms with Crippen LogP contribution in [0.25, 0.3) is 0 Å². The van der Waals surface area contributed by atoms with Gasteiger partial charge in [0.2, 0.25) is 11.8 Å². The highest BCUT2D eigenvalue weighted by atomic mass is 16.2. The van der Waals surface area contributed by atoms with Crippen molar-refractivity contribution in [1.82, 2.24) is 10.6 Å². The molecule has 0 unspecified atom stereocenters. The first-order valence-electron chi connectivity index (χ1n) is 10.1. The zero-order valence-corrected chi connectivity index (χ0v) is 17.7. The molecule has 1 saturated heterocycles. The van der Waals surface area contributed by atoms with E-state index in [0.29, 0.717) is 13.0 Å². The van der Waals surface area contributed by atoms with Crippen molar-refractivity contribution in [2.45, 2.75) is 40.2 Å². The minimum absolute atomic E-state index is 0.116. The van der Waals surface area contributed by atoms with Gasteiger partial charge in [-0.1, -0.05) is 29.8 Å². The van der Waals surface area contributed by atoms with Crippen LogP contribution in [0, 0.1) is 20.8 Å². The third-order valence-electron chi connectivity index (χ3n) is 5.13. The van der Waals surface area contributed by atoms with Crippen molar-refractivity contribution >= 4 is 29.2 Å². The molecule has 0 aliphatic carbocycles. The molecule has 30 heavy (non-hydrogen) atoms. The Labute approximate surface area is 176 Å². The van der Waals surface area contributed by atoms with Crippen molar-refractivity contribution in [3.8, 4) is 0 Å². The number of amides is 4. The van der Waals surface area contributed by atoms with E-state index in [4.69, 9.17) is 0 Å². The van der Waals surface area contributed by atoms with Crippen LogP contribution in [-0.2, 0) is 16.1 Å². The molecule has 0 saturated carbocycles. The maximum atomic E-state index is 12.2. The zero-order chi connectivity index (χ0) is 21.7. The Morgan fingerprint density at radius 2 is 1.67 bits per heavy atom. The average Bonchev–Trinajstić information content (AvgIpc) is 3.14. The van der Waals surface area contributed by atoms with Gasteiger partial charge in [-0.25, -0.2) is 4.79 Å². The lowest BCUT2D eigenvalue weighted by Gasteiger charge is -2.16. The molecule has 2 aromatic carbocycles. The van der Waals surface area contributed by atoms with Gasteiger partial charge in [0.1, 0.15) is 0 Å². The van der Waals surface area contributed by atoms with Gasteiger partial charge in [0.15, 0.2) is 0 Å². The van der Waals surface area contributed by atoms with Gasteiger partial charge in [0.05, 0.1) is 6.54 Å². The maximum Gasteiger partial charge on any atom is 0.315 e. The van der Waals surface area contributed by atoms with Crippen LogP contribution in [0.2, 0.25) is 0 Å². The zero-order valence-electron chi connectivity index (χ0n) is 17.7. The first-order chi connectivity index (χ1) is 14.3. The van der Waals surface area contributed by atoms with E-state index in [1.165, 1.54) is 0 Å². The standard InChI is InChI=1S/C23H28N4O3/c1-15-11-16(2)22(17(3)12-15)26-20(28)14-25-23(30)24-13-18-6-8-19(9-7-18)27-10-4-5-21(27)29/h6-9,11-12H,4-5,10,13-14H2,1-3H3,(H,26,28)(H2,24,25,30). The fraction of sp³-hybridized carbons (Fsp3) is 0.348. The number of hydrogen-bond acceptors (Lipinski definition) is 3. The molecule has 158 valence electrons. The normalized spacial score (nSPS) is 13.3. The molecule has 0 aromatic heterocycles. The molecule has 0 atom stereocenters. The summed E-state index contributed by atoms with van der Waals surface area (Å²) in [5.74, 6) is -0.130. The SMILES string of the molecule is Cc1cc(C)c(NC(=O)CNC(=O)NCc2ccc(N3CCCC3=O)cc2)c(C)c1. The highest BCUT2D eigenvalue weighted by Gasteiger charge is 2.21. The minimum Gasteiger partial charge on any atom is -0.334 e. The highest BCUT2D eigenvalue weighted by Crippen LogP contribution is 2.22. The molecule has 2 aromatic rings. The van der Waals surface area contributed by atoms with Gasteiger partial charge < -0.3 is 20.9 Å². The summed E-state index contributed by atoms with van der Waals surface area (Å²) in [5, 5.41) is 8.16. The molecule has 0 radical (unpaired) electrons. The second kappa shape index (κ2) is 9.43. The first-order valence-corrected chi connectivity index (χ1v) is 10.1. The summed E-state index contributed by atoms with van der Waals surface area (Å²) in [6.45, 7) is 6.87. The van der Waals surface area contributed by atoms with Gasteiger partial charge in [0.25, 0.3) is 0 Å². The highest BCUT2D eigenvalue weighted by molar-refractivity contribution is 5.96. The molecular weight excluding hydrogens is 380 g/mol. The van der Waals surface area contributed by atoms with E-state index < -0.39 is 6.03 Å². The summed E-state index contributed by atoms with van der Waals surface area (Å²) in [6.07, 6.45) is 1.49. The molecule has 1 heterocycles. The van der Waals surface area contributed by atoms with Crippen LogP contribution in [0.15, 0.2) is 36.4 Å². The Kier molecular flexibility index (Phi) is 6.72. The van der Waals surface area contributed by atoms with Crippen LogP contribution in [0.5, 0.6) is 0 Å². The Morgan fingerprint density at radius 3 is 2.27 bits per heavy atom. The first kappa shape index (κ1) is 21.4. The summed E-state index contributed by atoms with van der Waals surface area (Å²) >= 11 is 0. The largest absolute Gasteiger partial charge is 0.334 e. The van der Waals surface area contributed by atoms with Gasteiger partial charge >= 0.3 is 6.03 Å². The third kappa shape index (κ3) is 5.37. The molecule has 4 amide bonds. The van der Waals surface area contributed by atoms with Crippen LogP contribution in [0.3, 0.4) is 0 Å². The average molecular weight is 409 g/mol. The molecule has 3 N–H and O–H groups in total. The maximum absolute atomic E-state index is 12.2. The molecule has 7 heteroatoms. The second-order valence-corrected chi connectivity index (χ2v) is 7.67. The lowest BCUT2D eigenvalue weighted by atomic mass is 10.1. The van der Waals surface area contributed by atoms with Crippen molar-refractivity contribution in [2.24, 2.45) is 0 Å². The van der Waals surface area contributed by atoms with Crippen LogP contribution >= 0.6 is 0 Å². The van der Waals surface area contributed by atoms with E-state index in [2.05, 4.69) is 16.0 Å². The molecule has 0 spiro atoms. The number of carbonyl (C=O) groups excluding carboxylic acids is 3.